The van der Waals surface area contributed by atoms with E-state index in [1.807, 2.05) is 6.92 Å². The molecule has 0 aromatic carbocycles. The first-order valence-corrected chi connectivity index (χ1v) is 14.7. The van der Waals surface area contributed by atoms with Crippen LogP contribution < -0.4 is 5.32 Å². The topological polar surface area (TPSA) is 52.5 Å². The summed E-state index contributed by atoms with van der Waals surface area (Å²) in [6, 6.07) is 0. The van der Waals surface area contributed by atoms with Crippen molar-refractivity contribution in [2.75, 3.05) is 13.1 Å². The predicted molar refractivity (Wildman–Crippen MR) is 151 cm³/mol. The van der Waals surface area contributed by atoms with Crippen LogP contribution >= 0.6 is 0 Å². The van der Waals surface area contributed by atoms with Crippen LogP contribution in [0.3, 0.4) is 0 Å². The largest absolute Gasteiger partial charge is 0.393 e. The summed E-state index contributed by atoms with van der Waals surface area (Å²) in [5.41, 5.74) is 0. The van der Waals surface area contributed by atoms with Crippen LogP contribution in [0.2, 0.25) is 0 Å². The Kier molecular flexibility index (Phi) is 59.6. The summed E-state index contributed by atoms with van der Waals surface area (Å²) >= 11 is 0. The molecule has 0 aromatic rings. The van der Waals surface area contributed by atoms with Crippen LogP contribution in [0.25, 0.3) is 0 Å². The molecular weight excluding hydrogens is 774 g/mol. The number of hydrogen-bond acceptors (Lipinski definition) is 3. The van der Waals surface area contributed by atoms with Gasteiger partial charge in [0.25, 0.3) is 0 Å². The van der Waals surface area contributed by atoms with Crippen LogP contribution in [0.1, 0.15) is 156 Å². The van der Waals surface area contributed by atoms with Crippen LogP contribution in [-0.2, 0) is 42.1 Å². The molecule has 3 N–H and O–H groups in total. The maximum absolute atomic E-state index is 9.58. The van der Waals surface area contributed by atoms with Crippen molar-refractivity contribution in [3.05, 3.63) is 13.8 Å². The summed E-state index contributed by atoms with van der Waals surface area (Å²) in [5, 5.41) is 21.9. The number of aliphatic hydroxyl groups is 2. The Morgan fingerprint density at radius 2 is 0.943 bits per heavy atom. The minimum atomic E-state index is -0.0509. The van der Waals surface area contributed by atoms with Gasteiger partial charge in [0, 0.05) is 42.1 Å². The van der Waals surface area contributed by atoms with Crippen molar-refractivity contribution in [2.45, 2.75) is 168 Å². The molecule has 2 atom stereocenters. The molecule has 0 aromatic heterocycles. The molecule has 0 saturated carbocycles. The van der Waals surface area contributed by atoms with E-state index in [0.717, 1.165) is 44.9 Å². The Balaban J connectivity index is -0.000000131. The van der Waals surface area contributed by atoms with Gasteiger partial charge in [-0.3, -0.25) is 0 Å². The van der Waals surface area contributed by atoms with Crippen molar-refractivity contribution in [3.63, 3.8) is 0 Å². The molecule has 5 heteroatoms. The third-order valence-electron chi connectivity index (χ3n) is 5.83. The smallest absolute Gasteiger partial charge is 0.0540 e. The van der Waals surface area contributed by atoms with Gasteiger partial charge in [-0.2, -0.15) is 12.8 Å². The average Bonchev–Trinajstić information content (AvgIpc) is 2.82. The second kappa shape index (κ2) is 45.2. The monoisotopic (exact) mass is 839 g/mol. The van der Waals surface area contributed by atoms with Gasteiger partial charge in [-0.25, -0.2) is 0 Å². The van der Waals surface area contributed by atoms with Crippen molar-refractivity contribution in [2.24, 2.45) is 0 Å². The molecule has 0 saturated heterocycles. The zero-order valence-corrected chi connectivity index (χ0v) is 30.2. The molecule has 0 aliphatic heterocycles. The standard InChI is InChI=1S/C12H25N.C12H26O.C6H14O.2W/c1-3-5-7-9-11-13-12-10-8-6-4-2;1-3-5-7-9-11-12(13)10-8-6-4-2;1-3-5-6(7)4-2;;/h13H,1-12H2;12-13H,3-11H2,1-2H3;6-7H,3-5H2,1-2H3;;/q-2;;;;. The molecule has 2 unspecified atom stereocenters. The fourth-order valence-corrected chi connectivity index (χ4v) is 3.45. The molecule has 0 radical (unpaired) electrons. The van der Waals surface area contributed by atoms with Gasteiger partial charge >= 0.3 is 0 Å². The van der Waals surface area contributed by atoms with E-state index in [1.165, 1.54) is 96.6 Å². The molecule has 0 heterocycles. The number of aliphatic hydroxyl groups excluding tert-OH is 2. The number of unbranched alkanes of at least 4 members (excludes halogenated alkanes) is 11. The molecule has 0 aliphatic rings. The van der Waals surface area contributed by atoms with Crippen LogP contribution in [-0.4, -0.2) is 35.5 Å². The molecule has 0 spiro atoms. The van der Waals surface area contributed by atoms with Gasteiger partial charge < -0.3 is 29.4 Å². The zero-order chi connectivity index (χ0) is 25.4. The number of nitrogens with one attached hydrogen (secondary N) is 1. The maximum atomic E-state index is 9.58. The van der Waals surface area contributed by atoms with Crippen molar-refractivity contribution in [3.8, 4) is 0 Å². The Hall–Kier alpha value is 1.26. The van der Waals surface area contributed by atoms with E-state index in [4.69, 9.17) is 5.11 Å². The fourth-order valence-electron chi connectivity index (χ4n) is 3.45. The van der Waals surface area contributed by atoms with E-state index in [0.29, 0.717) is 0 Å². The minimum Gasteiger partial charge on any atom is -0.393 e. The van der Waals surface area contributed by atoms with E-state index >= 15 is 0 Å². The SMILES string of the molecule is CCCC(O)CC.CCCCCCC(O)CCCCC.[CH2-]CCCCCNCCCCC[CH2-].[W].[W]. The second-order valence-corrected chi connectivity index (χ2v) is 9.43. The Labute approximate surface area is 251 Å². The van der Waals surface area contributed by atoms with Gasteiger partial charge in [0.05, 0.1) is 12.2 Å². The number of hydrogen-bond donors (Lipinski definition) is 3. The Morgan fingerprint density at radius 1 is 0.514 bits per heavy atom. The van der Waals surface area contributed by atoms with E-state index in [9.17, 15) is 5.11 Å². The van der Waals surface area contributed by atoms with Crippen LogP contribution in [0.15, 0.2) is 0 Å². The van der Waals surface area contributed by atoms with Gasteiger partial charge in [-0.1, -0.05) is 105 Å². The zero-order valence-electron chi connectivity index (χ0n) is 24.3. The van der Waals surface area contributed by atoms with Gasteiger partial charge in [0.2, 0.25) is 0 Å². The third-order valence-corrected chi connectivity index (χ3v) is 5.83. The minimum absolute atomic E-state index is 0. The van der Waals surface area contributed by atoms with E-state index in [-0.39, 0.29) is 54.3 Å². The predicted octanol–water partition coefficient (Wildman–Crippen LogP) is 8.82. The Bertz CT molecular complexity index is 300. The summed E-state index contributed by atoms with van der Waals surface area (Å²) in [5.74, 6) is 0. The van der Waals surface area contributed by atoms with Crippen LogP contribution in [0, 0.1) is 13.8 Å². The molecule has 0 aliphatic carbocycles. The van der Waals surface area contributed by atoms with Crippen molar-refractivity contribution in [1.82, 2.24) is 5.32 Å². The van der Waals surface area contributed by atoms with Crippen LogP contribution in [0.4, 0.5) is 0 Å². The summed E-state index contributed by atoms with van der Waals surface area (Å²) in [4.78, 5) is 0. The van der Waals surface area contributed by atoms with E-state index in [1.54, 1.807) is 0 Å². The first-order valence-electron chi connectivity index (χ1n) is 14.7. The van der Waals surface area contributed by atoms with Crippen LogP contribution in [0.5, 0.6) is 0 Å². The normalized spacial score (nSPS) is 11.7. The summed E-state index contributed by atoms with van der Waals surface area (Å²) < 4.78 is 0. The Morgan fingerprint density at radius 3 is 1.31 bits per heavy atom. The molecule has 0 fully saturated rings. The molecular formula is C30H65NO2W2-2. The fraction of sp³-hybridized carbons (Fsp3) is 0.933. The molecule has 0 rings (SSSR count). The third kappa shape index (κ3) is 52.5. The molecule has 216 valence electrons. The molecule has 3 nitrogen and oxygen atoms in total. The summed E-state index contributed by atoms with van der Waals surface area (Å²) in [6.45, 7) is 18.5. The van der Waals surface area contributed by atoms with Crippen molar-refractivity contribution < 1.29 is 52.3 Å². The summed E-state index contributed by atoms with van der Waals surface area (Å²) in [6.07, 6.45) is 23.7. The van der Waals surface area contributed by atoms with Crippen molar-refractivity contribution in [1.29, 1.82) is 0 Å². The van der Waals surface area contributed by atoms with Gasteiger partial charge in [0.1, 0.15) is 0 Å². The molecule has 35 heavy (non-hydrogen) atoms. The van der Waals surface area contributed by atoms with Crippen molar-refractivity contribution >= 4 is 0 Å². The number of rotatable bonds is 22. The van der Waals surface area contributed by atoms with E-state index in [2.05, 4.69) is 39.9 Å². The molecule has 0 amide bonds. The first-order chi connectivity index (χ1) is 16.0. The quantitative estimate of drug-likeness (QED) is 0.0756. The van der Waals surface area contributed by atoms with Gasteiger partial charge in [0.15, 0.2) is 0 Å². The molecule has 0 bridgehead atoms. The first kappa shape index (κ1) is 46.1. The average molecular weight is 840 g/mol. The maximum Gasteiger partial charge on any atom is 0.0540 e. The summed E-state index contributed by atoms with van der Waals surface area (Å²) in [7, 11) is 0. The van der Waals surface area contributed by atoms with Gasteiger partial charge in [-0.15, -0.1) is 0 Å². The van der Waals surface area contributed by atoms with Gasteiger partial charge in [-0.05, 0) is 51.6 Å². The van der Waals surface area contributed by atoms with E-state index < -0.39 is 0 Å². The second-order valence-electron chi connectivity index (χ2n) is 9.43.